The Hall–Kier alpha value is -3.69. The highest BCUT2D eigenvalue weighted by Crippen LogP contribution is 2.45. The minimum Gasteiger partial charge on any atom is -0.450 e. The van der Waals surface area contributed by atoms with Crippen LogP contribution in [0.1, 0.15) is 36.2 Å². The summed E-state index contributed by atoms with van der Waals surface area (Å²) in [6.07, 6.45) is 2.62. The van der Waals surface area contributed by atoms with Crippen molar-refractivity contribution < 1.29 is 28.5 Å². The van der Waals surface area contributed by atoms with E-state index in [0.29, 0.717) is 24.2 Å². The van der Waals surface area contributed by atoms with Crippen molar-refractivity contribution in [2.24, 2.45) is 0 Å². The van der Waals surface area contributed by atoms with Gasteiger partial charge in [0.05, 0.1) is 17.4 Å². The van der Waals surface area contributed by atoms with Gasteiger partial charge in [-0.1, -0.05) is 25.0 Å². The predicted molar refractivity (Wildman–Crippen MR) is 99.4 cm³/mol. The van der Waals surface area contributed by atoms with Crippen LogP contribution in [0.15, 0.2) is 40.8 Å². The SMILES string of the molecule is O=C(OCC(=O)N1c2ccccc2NC(=O)C12CCCC2)c1ccc([N+](=O)[O-])o1. The van der Waals surface area contributed by atoms with Gasteiger partial charge in [0.1, 0.15) is 10.5 Å². The number of carbonyl (C=O) groups excluding carboxylic acids is 3. The third kappa shape index (κ3) is 3.12. The van der Waals surface area contributed by atoms with Gasteiger partial charge in [-0.15, -0.1) is 0 Å². The Morgan fingerprint density at radius 2 is 1.93 bits per heavy atom. The van der Waals surface area contributed by atoms with Crippen molar-refractivity contribution in [3.05, 3.63) is 52.3 Å². The molecule has 0 saturated heterocycles. The van der Waals surface area contributed by atoms with E-state index in [1.807, 2.05) is 0 Å². The summed E-state index contributed by atoms with van der Waals surface area (Å²) in [5, 5.41) is 13.5. The number of nitrogens with one attached hydrogen (secondary N) is 1. The molecule has 0 unspecified atom stereocenters. The molecule has 2 heterocycles. The molecule has 1 aromatic carbocycles. The lowest BCUT2D eigenvalue weighted by molar-refractivity contribution is -0.402. The molecule has 0 radical (unpaired) electrons. The summed E-state index contributed by atoms with van der Waals surface area (Å²) < 4.78 is 9.80. The number of rotatable bonds is 4. The zero-order valence-electron chi connectivity index (χ0n) is 15.3. The Bertz CT molecular complexity index is 1010. The molecule has 1 N–H and O–H groups in total. The van der Waals surface area contributed by atoms with Gasteiger partial charge in [0, 0.05) is 0 Å². The molecular weight excluding hydrogens is 382 g/mol. The van der Waals surface area contributed by atoms with Gasteiger partial charge in [0.25, 0.3) is 11.8 Å². The fourth-order valence-corrected chi connectivity index (χ4v) is 3.93. The highest BCUT2D eigenvalue weighted by atomic mass is 16.7. The maximum absolute atomic E-state index is 13.0. The van der Waals surface area contributed by atoms with Crippen LogP contribution in [-0.2, 0) is 14.3 Å². The predicted octanol–water partition coefficient (Wildman–Crippen LogP) is 2.64. The molecule has 1 aromatic heterocycles. The van der Waals surface area contributed by atoms with Crippen molar-refractivity contribution in [2.75, 3.05) is 16.8 Å². The van der Waals surface area contributed by atoms with Crippen LogP contribution in [0.3, 0.4) is 0 Å². The van der Waals surface area contributed by atoms with Crippen LogP contribution in [-0.4, -0.2) is 34.9 Å². The Labute approximate surface area is 164 Å². The molecule has 10 heteroatoms. The average molecular weight is 399 g/mol. The molecule has 2 aromatic rings. The highest BCUT2D eigenvalue weighted by Gasteiger charge is 2.52. The molecule has 29 heavy (non-hydrogen) atoms. The Balaban J connectivity index is 1.56. The van der Waals surface area contributed by atoms with Crippen molar-refractivity contribution >= 4 is 35.0 Å². The first-order valence-electron chi connectivity index (χ1n) is 9.07. The summed E-state index contributed by atoms with van der Waals surface area (Å²) >= 11 is 0. The van der Waals surface area contributed by atoms with E-state index in [1.165, 1.54) is 4.90 Å². The van der Waals surface area contributed by atoms with Gasteiger partial charge in [-0.05, 0) is 31.0 Å². The van der Waals surface area contributed by atoms with E-state index in [2.05, 4.69) is 5.32 Å². The number of esters is 1. The molecule has 1 fully saturated rings. The van der Waals surface area contributed by atoms with Gasteiger partial charge in [0.2, 0.25) is 5.76 Å². The lowest BCUT2D eigenvalue weighted by Gasteiger charge is -2.44. The molecule has 1 saturated carbocycles. The molecule has 1 aliphatic heterocycles. The zero-order chi connectivity index (χ0) is 20.6. The smallest absolute Gasteiger partial charge is 0.433 e. The summed E-state index contributed by atoms with van der Waals surface area (Å²) in [7, 11) is 0. The van der Waals surface area contributed by atoms with E-state index in [4.69, 9.17) is 9.15 Å². The standard InChI is InChI=1S/C19H17N3O7/c23-15(11-28-17(24)14-7-8-16(29-14)22(26)27)21-13-6-2-1-5-12(13)20-18(25)19(21)9-3-4-10-19/h1-2,5-8H,3-4,9-11H2,(H,20,25). The van der Waals surface area contributed by atoms with Crippen LogP contribution < -0.4 is 10.2 Å². The average Bonchev–Trinajstić information content (AvgIpc) is 3.38. The number of hydrogen-bond acceptors (Lipinski definition) is 7. The minimum absolute atomic E-state index is 0.255. The Morgan fingerprint density at radius 1 is 1.21 bits per heavy atom. The number of nitro groups is 1. The number of hydrogen-bond donors (Lipinski definition) is 1. The Kier molecular flexibility index (Phi) is 4.53. The first-order chi connectivity index (χ1) is 13.9. The third-order valence-corrected chi connectivity index (χ3v) is 5.22. The topological polar surface area (TPSA) is 132 Å². The van der Waals surface area contributed by atoms with Crippen LogP contribution in [0.2, 0.25) is 0 Å². The summed E-state index contributed by atoms with van der Waals surface area (Å²) in [6.45, 7) is -0.628. The van der Waals surface area contributed by atoms with E-state index in [9.17, 15) is 24.5 Å². The van der Waals surface area contributed by atoms with Crippen LogP contribution in [0, 0.1) is 10.1 Å². The van der Waals surface area contributed by atoms with Crippen molar-refractivity contribution in [3.63, 3.8) is 0 Å². The molecule has 4 rings (SSSR count). The molecule has 0 bridgehead atoms. The minimum atomic E-state index is -1.01. The van der Waals surface area contributed by atoms with Crippen molar-refractivity contribution in [3.8, 4) is 0 Å². The molecule has 1 aliphatic carbocycles. The first kappa shape index (κ1) is 18.7. The van der Waals surface area contributed by atoms with Gasteiger partial charge in [0.15, 0.2) is 6.61 Å². The number of amides is 2. The number of anilines is 2. The number of fused-ring (bicyclic) bond motifs is 1. The van der Waals surface area contributed by atoms with E-state index in [0.717, 1.165) is 25.0 Å². The second-order valence-electron chi connectivity index (χ2n) is 6.91. The molecular formula is C19H17N3O7. The first-order valence-corrected chi connectivity index (χ1v) is 9.07. The Morgan fingerprint density at radius 3 is 2.62 bits per heavy atom. The number of nitrogens with zero attached hydrogens (tertiary/aromatic N) is 2. The number of carbonyl (C=O) groups is 3. The van der Waals surface area contributed by atoms with Crippen LogP contribution in [0.5, 0.6) is 0 Å². The number of furan rings is 1. The number of para-hydroxylation sites is 2. The lowest BCUT2D eigenvalue weighted by atomic mass is 9.90. The van der Waals surface area contributed by atoms with Crippen LogP contribution in [0.4, 0.5) is 17.3 Å². The third-order valence-electron chi connectivity index (χ3n) is 5.22. The largest absolute Gasteiger partial charge is 0.450 e. The quantitative estimate of drug-likeness (QED) is 0.475. The van der Waals surface area contributed by atoms with Crippen molar-refractivity contribution in [2.45, 2.75) is 31.2 Å². The highest BCUT2D eigenvalue weighted by molar-refractivity contribution is 6.15. The molecule has 0 atom stereocenters. The normalized spacial score (nSPS) is 17.0. The summed E-state index contributed by atoms with van der Waals surface area (Å²) in [5.41, 5.74) is 0.0430. The van der Waals surface area contributed by atoms with Gasteiger partial charge < -0.3 is 14.5 Å². The molecule has 2 amide bonds. The summed E-state index contributed by atoms with van der Waals surface area (Å²) in [6, 6.07) is 9.06. The van der Waals surface area contributed by atoms with Crippen molar-refractivity contribution in [1.82, 2.24) is 0 Å². The lowest BCUT2D eigenvalue weighted by Crippen LogP contribution is -2.61. The number of ether oxygens (including phenoxy) is 1. The van der Waals surface area contributed by atoms with E-state index in [1.54, 1.807) is 24.3 Å². The molecule has 2 aliphatic rings. The van der Waals surface area contributed by atoms with E-state index < -0.39 is 34.8 Å². The zero-order valence-corrected chi connectivity index (χ0v) is 15.3. The summed E-state index contributed by atoms with van der Waals surface area (Å²) in [5.74, 6) is -2.79. The number of benzene rings is 1. The van der Waals surface area contributed by atoms with Crippen LogP contribution >= 0.6 is 0 Å². The van der Waals surface area contributed by atoms with E-state index in [-0.39, 0.29) is 11.7 Å². The molecule has 1 spiro atoms. The maximum Gasteiger partial charge on any atom is 0.433 e. The fourth-order valence-electron chi connectivity index (χ4n) is 3.93. The van der Waals surface area contributed by atoms with Gasteiger partial charge >= 0.3 is 11.9 Å². The second-order valence-corrected chi connectivity index (χ2v) is 6.91. The monoisotopic (exact) mass is 399 g/mol. The van der Waals surface area contributed by atoms with E-state index >= 15 is 0 Å². The van der Waals surface area contributed by atoms with Gasteiger partial charge in [-0.3, -0.25) is 24.6 Å². The van der Waals surface area contributed by atoms with Gasteiger partial charge in [-0.2, -0.15) is 0 Å². The second kappa shape index (κ2) is 7.04. The fraction of sp³-hybridized carbons (Fsp3) is 0.316. The van der Waals surface area contributed by atoms with Crippen molar-refractivity contribution in [1.29, 1.82) is 0 Å². The molecule has 10 nitrogen and oxygen atoms in total. The summed E-state index contributed by atoms with van der Waals surface area (Å²) in [4.78, 5) is 49.3. The van der Waals surface area contributed by atoms with Crippen LogP contribution in [0.25, 0.3) is 0 Å². The molecule has 150 valence electrons. The van der Waals surface area contributed by atoms with Gasteiger partial charge in [-0.25, -0.2) is 4.79 Å². The maximum atomic E-state index is 13.0.